The molecular formula is C10H17N5O3S. The van der Waals surface area contributed by atoms with Crippen molar-refractivity contribution in [1.29, 1.82) is 0 Å². The van der Waals surface area contributed by atoms with Gasteiger partial charge < -0.3 is 4.90 Å². The highest BCUT2D eigenvalue weighted by Crippen LogP contribution is 2.11. The molecule has 2 rings (SSSR count). The lowest BCUT2D eigenvalue weighted by Crippen LogP contribution is -2.53. The Kier molecular flexibility index (Phi) is 3.88. The second kappa shape index (κ2) is 5.27. The van der Waals surface area contributed by atoms with E-state index >= 15 is 0 Å². The molecule has 0 spiro atoms. The molecule has 1 aliphatic heterocycles. The number of piperazine rings is 1. The van der Waals surface area contributed by atoms with Crippen LogP contribution in [0, 0.1) is 0 Å². The number of carbonyl (C=O) groups is 1. The van der Waals surface area contributed by atoms with Gasteiger partial charge in [-0.25, -0.2) is 0 Å². The minimum Gasteiger partial charge on any atom is -0.336 e. The number of aromatic amines is 1. The zero-order chi connectivity index (χ0) is 14.0. The van der Waals surface area contributed by atoms with Crippen molar-refractivity contribution in [2.24, 2.45) is 0 Å². The Morgan fingerprint density at radius 3 is 2.42 bits per heavy atom. The molecule has 8 nitrogen and oxygen atoms in total. The van der Waals surface area contributed by atoms with Gasteiger partial charge in [-0.05, 0) is 0 Å². The lowest BCUT2D eigenvalue weighted by atomic mass is 10.2. The largest absolute Gasteiger partial charge is 0.336 e. The van der Waals surface area contributed by atoms with Crippen molar-refractivity contribution in [1.82, 2.24) is 23.7 Å². The van der Waals surface area contributed by atoms with Crippen molar-refractivity contribution >= 4 is 16.1 Å². The molecule has 1 N–H and O–H groups in total. The second-order valence-corrected chi connectivity index (χ2v) is 6.61. The zero-order valence-corrected chi connectivity index (χ0v) is 11.7. The summed E-state index contributed by atoms with van der Waals surface area (Å²) >= 11 is 0. The molecule has 1 fully saturated rings. The fourth-order valence-corrected chi connectivity index (χ4v) is 2.99. The highest BCUT2D eigenvalue weighted by Gasteiger charge is 2.30. The molecule has 1 aliphatic rings. The third-order valence-corrected chi connectivity index (χ3v) is 5.00. The van der Waals surface area contributed by atoms with E-state index in [9.17, 15) is 13.2 Å². The first kappa shape index (κ1) is 14.0. The first-order valence-electron chi connectivity index (χ1n) is 5.88. The second-order valence-electron chi connectivity index (χ2n) is 4.47. The van der Waals surface area contributed by atoms with Crippen LogP contribution in [0.3, 0.4) is 0 Å². The maximum absolute atomic E-state index is 12.0. The lowest BCUT2D eigenvalue weighted by Gasteiger charge is -2.34. The van der Waals surface area contributed by atoms with Crippen molar-refractivity contribution in [3.8, 4) is 0 Å². The smallest absolute Gasteiger partial charge is 0.281 e. The summed E-state index contributed by atoms with van der Waals surface area (Å²) in [4.78, 5) is 13.7. The standard InChI is InChI=1S/C10H17N5O3S/c1-13(2)19(17,18)15-5-3-14(4-6-15)10(16)9-7-11-12-8-9/h7-8H,3-6H2,1-2H3,(H,11,12). The maximum atomic E-state index is 12.0. The first-order chi connectivity index (χ1) is 8.93. The van der Waals surface area contributed by atoms with Gasteiger partial charge in [-0.1, -0.05) is 0 Å². The summed E-state index contributed by atoms with van der Waals surface area (Å²) in [6, 6.07) is 0. The molecular weight excluding hydrogens is 270 g/mol. The fourth-order valence-electron chi connectivity index (χ4n) is 1.90. The molecule has 1 aromatic rings. The molecule has 106 valence electrons. The molecule has 0 aromatic carbocycles. The number of aromatic nitrogens is 2. The summed E-state index contributed by atoms with van der Waals surface area (Å²) in [5, 5.41) is 6.32. The van der Waals surface area contributed by atoms with Crippen LogP contribution in [-0.4, -0.2) is 78.3 Å². The van der Waals surface area contributed by atoms with Gasteiger partial charge in [-0.15, -0.1) is 0 Å². The monoisotopic (exact) mass is 287 g/mol. The number of hydrogen-bond donors (Lipinski definition) is 1. The topological polar surface area (TPSA) is 89.6 Å². The minimum atomic E-state index is -3.39. The summed E-state index contributed by atoms with van der Waals surface area (Å²) in [5.74, 6) is -0.129. The Morgan fingerprint density at radius 1 is 1.32 bits per heavy atom. The van der Waals surface area contributed by atoms with Gasteiger partial charge in [0.25, 0.3) is 16.1 Å². The summed E-state index contributed by atoms with van der Waals surface area (Å²) in [7, 11) is -0.396. The molecule has 0 unspecified atom stereocenters. The van der Waals surface area contributed by atoms with Crippen molar-refractivity contribution in [3.05, 3.63) is 18.0 Å². The van der Waals surface area contributed by atoms with Gasteiger partial charge in [0.2, 0.25) is 0 Å². The highest BCUT2D eigenvalue weighted by molar-refractivity contribution is 7.86. The molecule has 9 heteroatoms. The maximum Gasteiger partial charge on any atom is 0.281 e. The molecule has 0 radical (unpaired) electrons. The van der Waals surface area contributed by atoms with Gasteiger partial charge in [-0.2, -0.15) is 22.1 Å². The number of amides is 1. The third kappa shape index (κ3) is 2.77. The summed E-state index contributed by atoms with van der Waals surface area (Å²) in [6.07, 6.45) is 3.00. The molecule has 0 aliphatic carbocycles. The quantitative estimate of drug-likeness (QED) is 0.770. The molecule has 1 saturated heterocycles. The van der Waals surface area contributed by atoms with Gasteiger partial charge in [0.1, 0.15) is 0 Å². The van der Waals surface area contributed by atoms with E-state index in [1.54, 1.807) is 4.90 Å². The van der Waals surface area contributed by atoms with Gasteiger partial charge in [0.15, 0.2) is 0 Å². The van der Waals surface area contributed by atoms with E-state index in [0.29, 0.717) is 31.7 Å². The Bertz CT molecular complexity index is 532. The average Bonchev–Trinajstić information content (AvgIpc) is 2.91. The minimum absolute atomic E-state index is 0.129. The van der Waals surface area contributed by atoms with Crippen LogP contribution in [0.2, 0.25) is 0 Å². The first-order valence-corrected chi connectivity index (χ1v) is 7.28. The fraction of sp³-hybridized carbons (Fsp3) is 0.600. The van der Waals surface area contributed by atoms with E-state index in [1.165, 1.54) is 35.1 Å². The predicted octanol–water partition coefficient (Wildman–Crippen LogP) is -1.03. The van der Waals surface area contributed by atoms with Crippen LogP contribution in [0.4, 0.5) is 0 Å². The van der Waals surface area contributed by atoms with Crippen molar-refractivity contribution < 1.29 is 13.2 Å². The summed E-state index contributed by atoms with van der Waals surface area (Å²) in [5.41, 5.74) is 0.490. The number of H-pyrrole nitrogens is 1. The average molecular weight is 287 g/mol. The third-order valence-electron chi connectivity index (χ3n) is 3.06. The van der Waals surface area contributed by atoms with Crippen LogP contribution in [0.25, 0.3) is 0 Å². The van der Waals surface area contributed by atoms with E-state index in [1.807, 2.05) is 0 Å². The van der Waals surface area contributed by atoms with Gasteiger partial charge in [0.05, 0.1) is 11.8 Å². The van der Waals surface area contributed by atoms with Crippen molar-refractivity contribution in [2.75, 3.05) is 40.3 Å². The number of carbonyl (C=O) groups excluding carboxylic acids is 1. The molecule has 0 bridgehead atoms. The molecule has 0 saturated carbocycles. The van der Waals surface area contributed by atoms with E-state index in [2.05, 4.69) is 10.2 Å². The van der Waals surface area contributed by atoms with Gasteiger partial charge in [0, 0.05) is 46.5 Å². The molecule has 19 heavy (non-hydrogen) atoms. The molecule has 0 atom stereocenters. The highest BCUT2D eigenvalue weighted by atomic mass is 32.2. The normalized spacial score (nSPS) is 17.9. The van der Waals surface area contributed by atoms with Crippen LogP contribution in [-0.2, 0) is 10.2 Å². The molecule has 1 aromatic heterocycles. The Balaban J connectivity index is 1.98. The zero-order valence-electron chi connectivity index (χ0n) is 10.9. The van der Waals surface area contributed by atoms with Gasteiger partial charge in [-0.3, -0.25) is 9.89 Å². The van der Waals surface area contributed by atoms with E-state index in [4.69, 9.17) is 0 Å². The molecule has 2 heterocycles. The lowest BCUT2D eigenvalue weighted by molar-refractivity contribution is 0.0695. The van der Waals surface area contributed by atoms with Crippen LogP contribution < -0.4 is 0 Å². The number of nitrogens with one attached hydrogen (secondary N) is 1. The van der Waals surface area contributed by atoms with Crippen LogP contribution in [0.15, 0.2) is 12.4 Å². The Morgan fingerprint density at radius 2 is 1.95 bits per heavy atom. The Labute approximate surface area is 112 Å². The van der Waals surface area contributed by atoms with E-state index in [0.717, 1.165) is 0 Å². The van der Waals surface area contributed by atoms with Crippen LogP contribution in [0.1, 0.15) is 10.4 Å². The van der Waals surface area contributed by atoms with Crippen LogP contribution in [0.5, 0.6) is 0 Å². The summed E-state index contributed by atoms with van der Waals surface area (Å²) < 4.78 is 26.4. The summed E-state index contributed by atoms with van der Waals surface area (Å²) in [6.45, 7) is 1.39. The predicted molar refractivity (Wildman–Crippen MR) is 68.7 cm³/mol. The molecule has 1 amide bonds. The van der Waals surface area contributed by atoms with E-state index < -0.39 is 10.2 Å². The number of hydrogen-bond acceptors (Lipinski definition) is 4. The Hall–Kier alpha value is -1.45. The number of nitrogens with zero attached hydrogens (tertiary/aromatic N) is 4. The van der Waals surface area contributed by atoms with E-state index in [-0.39, 0.29) is 5.91 Å². The van der Waals surface area contributed by atoms with Crippen molar-refractivity contribution in [2.45, 2.75) is 0 Å². The van der Waals surface area contributed by atoms with Gasteiger partial charge >= 0.3 is 0 Å². The van der Waals surface area contributed by atoms with Crippen molar-refractivity contribution in [3.63, 3.8) is 0 Å². The van der Waals surface area contributed by atoms with Crippen LogP contribution >= 0.6 is 0 Å². The number of rotatable bonds is 3. The SMILES string of the molecule is CN(C)S(=O)(=O)N1CCN(C(=O)c2cn[nH]c2)CC1.